The van der Waals surface area contributed by atoms with Gasteiger partial charge in [-0.05, 0) is 19.1 Å². The fraction of sp³-hybridized carbons (Fsp3) is 0.579. The molecule has 1 saturated carbocycles. The minimum absolute atomic E-state index is 0.0619. The van der Waals surface area contributed by atoms with E-state index in [0.717, 1.165) is 0 Å². The van der Waals surface area contributed by atoms with Gasteiger partial charge >= 0.3 is 11.9 Å². The van der Waals surface area contributed by atoms with Crippen LogP contribution in [0.1, 0.15) is 37.0 Å². The van der Waals surface area contributed by atoms with Crippen LogP contribution < -0.4 is 0 Å². The van der Waals surface area contributed by atoms with Crippen LogP contribution in [0, 0.1) is 11.8 Å². The first-order valence-corrected chi connectivity index (χ1v) is 8.79. The summed E-state index contributed by atoms with van der Waals surface area (Å²) in [4.78, 5) is 23.8. The smallest absolute Gasteiger partial charge is 0.338 e. The quantitative estimate of drug-likeness (QED) is 0.814. The molecule has 1 unspecified atom stereocenters. The first kappa shape index (κ1) is 17.5. The molecular weight excluding hydrogens is 340 g/mol. The van der Waals surface area contributed by atoms with Crippen LogP contribution in [-0.4, -0.2) is 47.4 Å². The predicted octanol–water partition coefficient (Wildman–Crippen LogP) is 1.64. The van der Waals surface area contributed by atoms with Gasteiger partial charge in [-0.15, -0.1) is 0 Å². The average molecular weight is 362 g/mol. The summed E-state index contributed by atoms with van der Waals surface area (Å²) in [6, 6.07) is 8.71. The topological polar surface area (TPSA) is 91.3 Å². The first-order valence-electron chi connectivity index (χ1n) is 8.79. The van der Waals surface area contributed by atoms with Gasteiger partial charge in [-0.2, -0.15) is 0 Å². The molecule has 1 aliphatic carbocycles. The lowest BCUT2D eigenvalue weighted by Crippen LogP contribution is -2.62. The van der Waals surface area contributed by atoms with E-state index in [1.54, 1.807) is 31.2 Å². The molecule has 1 N–H and O–H groups in total. The zero-order chi connectivity index (χ0) is 18.5. The number of esters is 2. The van der Waals surface area contributed by atoms with Gasteiger partial charge in [0.2, 0.25) is 5.79 Å². The Morgan fingerprint density at radius 1 is 1.23 bits per heavy atom. The lowest BCUT2D eigenvalue weighted by Gasteiger charge is -2.49. The number of aliphatic hydroxyl groups excluding tert-OH is 1. The highest BCUT2D eigenvalue weighted by molar-refractivity contribution is 5.89. The van der Waals surface area contributed by atoms with Crippen LogP contribution in [0.2, 0.25) is 0 Å². The Bertz CT molecular complexity index is 720. The SMILES string of the molecule is CC(=O)O[C@]12C[C@@H]3C(COC(=O)c4ccccc4)[C@H](O1)O[C@@]2(C)C[C@H]3O. The zero-order valence-corrected chi connectivity index (χ0v) is 14.7. The van der Waals surface area contributed by atoms with Crippen molar-refractivity contribution in [1.29, 1.82) is 0 Å². The van der Waals surface area contributed by atoms with Crippen molar-refractivity contribution < 1.29 is 33.6 Å². The third-order valence-corrected chi connectivity index (χ3v) is 5.71. The highest BCUT2D eigenvalue weighted by Crippen LogP contribution is 2.59. The van der Waals surface area contributed by atoms with E-state index in [9.17, 15) is 14.7 Å². The number of fused-ring (bicyclic) bond motifs is 2. The lowest BCUT2D eigenvalue weighted by atomic mass is 9.68. The third kappa shape index (κ3) is 2.62. The summed E-state index contributed by atoms with van der Waals surface area (Å²) in [7, 11) is 0. The highest BCUT2D eigenvalue weighted by Gasteiger charge is 2.72. The van der Waals surface area contributed by atoms with E-state index in [4.69, 9.17) is 18.9 Å². The second kappa shape index (κ2) is 6.04. The fourth-order valence-electron chi connectivity index (χ4n) is 4.40. The molecule has 7 heteroatoms. The average Bonchev–Trinajstić information content (AvgIpc) is 2.77. The molecule has 3 fully saturated rings. The van der Waals surface area contributed by atoms with Gasteiger partial charge in [0.05, 0.1) is 24.2 Å². The molecule has 7 nitrogen and oxygen atoms in total. The number of carbonyl (C=O) groups excluding carboxylic acids is 2. The Balaban J connectivity index is 1.51. The van der Waals surface area contributed by atoms with Crippen molar-refractivity contribution in [3.05, 3.63) is 35.9 Å². The van der Waals surface area contributed by atoms with Gasteiger partial charge in [-0.1, -0.05) is 18.2 Å². The van der Waals surface area contributed by atoms with Gasteiger partial charge in [-0.25, -0.2) is 4.79 Å². The largest absolute Gasteiger partial charge is 0.462 e. The van der Waals surface area contributed by atoms with Gasteiger partial charge in [0.1, 0.15) is 5.60 Å². The molecule has 3 bridgehead atoms. The van der Waals surface area contributed by atoms with E-state index >= 15 is 0 Å². The molecule has 140 valence electrons. The minimum atomic E-state index is -1.19. The van der Waals surface area contributed by atoms with Crippen molar-refractivity contribution in [2.45, 2.75) is 50.5 Å². The second-order valence-electron chi connectivity index (χ2n) is 7.45. The number of hydrogen-bond donors (Lipinski definition) is 1. The van der Waals surface area contributed by atoms with Crippen molar-refractivity contribution in [3.8, 4) is 0 Å². The summed E-state index contributed by atoms with van der Waals surface area (Å²) in [5, 5.41) is 10.6. The van der Waals surface area contributed by atoms with Crippen molar-refractivity contribution in [2.24, 2.45) is 11.8 Å². The monoisotopic (exact) mass is 362 g/mol. The minimum Gasteiger partial charge on any atom is -0.462 e. The Hall–Kier alpha value is -1.96. The Morgan fingerprint density at radius 2 is 1.96 bits per heavy atom. The maximum Gasteiger partial charge on any atom is 0.338 e. The van der Waals surface area contributed by atoms with Crippen LogP contribution in [-0.2, 0) is 23.7 Å². The summed E-state index contributed by atoms with van der Waals surface area (Å²) in [5.74, 6) is -2.65. The summed E-state index contributed by atoms with van der Waals surface area (Å²) >= 11 is 0. The molecular formula is C19H22O7. The molecule has 4 rings (SSSR count). The molecule has 2 saturated heterocycles. The van der Waals surface area contributed by atoms with Crippen LogP contribution in [0.3, 0.4) is 0 Å². The number of hydrogen-bond acceptors (Lipinski definition) is 7. The van der Waals surface area contributed by atoms with Gasteiger partial charge in [-0.3, -0.25) is 4.79 Å². The fourth-order valence-corrected chi connectivity index (χ4v) is 4.40. The number of aliphatic hydroxyl groups is 1. The molecule has 0 radical (unpaired) electrons. The van der Waals surface area contributed by atoms with Crippen molar-refractivity contribution in [3.63, 3.8) is 0 Å². The number of rotatable bonds is 4. The maximum absolute atomic E-state index is 12.2. The molecule has 0 aromatic heterocycles. The number of benzene rings is 1. The molecule has 0 spiro atoms. The molecule has 0 amide bonds. The third-order valence-electron chi connectivity index (χ3n) is 5.71. The van der Waals surface area contributed by atoms with Crippen LogP contribution in [0.25, 0.3) is 0 Å². The lowest BCUT2D eigenvalue weighted by molar-refractivity contribution is -0.298. The predicted molar refractivity (Wildman–Crippen MR) is 87.8 cm³/mol. The Kier molecular flexibility index (Phi) is 4.06. The summed E-state index contributed by atoms with van der Waals surface area (Å²) < 4.78 is 22.9. The van der Waals surface area contributed by atoms with Crippen LogP contribution in [0.5, 0.6) is 0 Å². The number of carbonyl (C=O) groups is 2. The first-order chi connectivity index (χ1) is 12.3. The molecule has 3 aliphatic rings. The molecule has 6 atom stereocenters. The molecule has 2 heterocycles. The van der Waals surface area contributed by atoms with E-state index in [-0.39, 0.29) is 18.4 Å². The van der Waals surface area contributed by atoms with Crippen molar-refractivity contribution in [1.82, 2.24) is 0 Å². The van der Waals surface area contributed by atoms with Crippen molar-refractivity contribution in [2.75, 3.05) is 6.61 Å². The van der Waals surface area contributed by atoms with E-state index in [2.05, 4.69) is 0 Å². The van der Waals surface area contributed by atoms with E-state index in [1.807, 2.05) is 6.07 Å². The summed E-state index contributed by atoms with van der Waals surface area (Å²) in [5.41, 5.74) is -0.458. The zero-order valence-electron chi connectivity index (χ0n) is 14.7. The van der Waals surface area contributed by atoms with Crippen LogP contribution in [0.4, 0.5) is 0 Å². The normalized spacial score (nSPS) is 40.3. The Labute approximate surface area is 151 Å². The maximum atomic E-state index is 12.2. The number of ether oxygens (including phenoxy) is 4. The molecule has 1 aromatic rings. The van der Waals surface area contributed by atoms with E-state index < -0.39 is 35.7 Å². The molecule has 2 aliphatic heterocycles. The summed E-state index contributed by atoms with van der Waals surface area (Å²) in [6.07, 6.45) is -0.726. The summed E-state index contributed by atoms with van der Waals surface area (Å²) in [6.45, 7) is 3.17. The van der Waals surface area contributed by atoms with Gasteiger partial charge < -0.3 is 24.1 Å². The Morgan fingerprint density at radius 3 is 2.65 bits per heavy atom. The van der Waals surface area contributed by atoms with Gasteiger partial charge in [0, 0.05) is 25.7 Å². The molecule has 1 aromatic carbocycles. The standard InChI is InChI=1S/C19H22O7/c1-11(20)24-19-8-13-14(10-23-16(22)12-6-4-3-5-7-12)17(26-19)25-18(19,2)9-15(13)21/h3-7,13-15,17,21H,8-10H2,1-2H3/t13-,14?,15-,17+,18+,19-/m1/s1. The van der Waals surface area contributed by atoms with Gasteiger partial charge in [0.15, 0.2) is 6.29 Å². The van der Waals surface area contributed by atoms with E-state index in [0.29, 0.717) is 18.4 Å². The van der Waals surface area contributed by atoms with Crippen LogP contribution >= 0.6 is 0 Å². The molecule has 26 heavy (non-hydrogen) atoms. The van der Waals surface area contributed by atoms with Crippen LogP contribution in [0.15, 0.2) is 30.3 Å². The second-order valence-corrected chi connectivity index (χ2v) is 7.45. The van der Waals surface area contributed by atoms with E-state index in [1.165, 1.54) is 6.92 Å². The van der Waals surface area contributed by atoms with Gasteiger partial charge in [0.25, 0.3) is 0 Å². The highest BCUT2D eigenvalue weighted by atomic mass is 16.8. The van der Waals surface area contributed by atoms with Crippen molar-refractivity contribution >= 4 is 11.9 Å².